The number of alkyl halides is 1. The van der Waals surface area contributed by atoms with Crippen molar-refractivity contribution < 1.29 is 19.0 Å². The van der Waals surface area contributed by atoms with Crippen LogP contribution in [0.3, 0.4) is 0 Å². The zero-order valence-electron chi connectivity index (χ0n) is 18.1. The molecule has 3 aromatic heterocycles. The van der Waals surface area contributed by atoms with Crippen molar-refractivity contribution in [3.05, 3.63) is 30.2 Å². The van der Waals surface area contributed by atoms with E-state index >= 15 is 0 Å². The summed E-state index contributed by atoms with van der Waals surface area (Å²) in [6.45, 7) is 2.67. The molecule has 2 atom stereocenters. The molecular formula is C21H25FN8O3. The summed E-state index contributed by atoms with van der Waals surface area (Å²) in [5, 5.41) is 16.7. The minimum absolute atomic E-state index is 0.0294. The molecule has 3 aromatic rings. The maximum atomic E-state index is 14.5. The van der Waals surface area contributed by atoms with Crippen LogP contribution in [-0.4, -0.2) is 86.1 Å². The minimum Gasteiger partial charge on any atom is -0.480 e. The molecule has 2 saturated heterocycles. The molecule has 11 nitrogen and oxygen atoms in total. The Morgan fingerprint density at radius 3 is 2.82 bits per heavy atom. The molecule has 0 saturated carbocycles. The molecule has 33 heavy (non-hydrogen) atoms. The molecule has 2 aliphatic heterocycles. The first-order chi connectivity index (χ1) is 15.9. The zero-order valence-corrected chi connectivity index (χ0v) is 18.1. The summed E-state index contributed by atoms with van der Waals surface area (Å²) in [5.74, 6) is 0.683. The summed E-state index contributed by atoms with van der Waals surface area (Å²) in [6.07, 6.45) is 1.75. The number of hydrogen-bond donors (Lipinski definition) is 3. The number of likely N-dealkylation sites (tertiary alicyclic amines) is 2. The molecule has 2 aliphatic rings. The quantitative estimate of drug-likeness (QED) is 0.507. The Kier molecular flexibility index (Phi) is 5.36. The second kappa shape index (κ2) is 8.35. The Bertz CT molecular complexity index is 1200. The van der Waals surface area contributed by atoms with Crippen molar-refractivity contribution >= 4 is 23.1 Å². The van der Waals surface area contributed by atoms with Gasteiger partial charge in [-0.05, 0) is 37.2 Å². The lowest BCUT2D eigenvalue weighted by Crippen LogP contribution is -2.36. The van der Waals surface area contributed by atoms with Crippen molar-refractivity contribution in [3.63, 3.8) is 0 Å². The number of ether oxygens (including phenoxy) is 1. The number of carbonyl (C=O) groups is 1. The first-order valence-electron chi connectivity index (χ1n) is 10.7. The van der Waals surface area contributed by atoms with E-state index in [0.717, 1.165) is 46.9 Å². The van der Waals surface area contributed by atoms with Gasteiger partial charge in [-0.2, -0.15) is 5.10 Å². The predicted octanol–water partition coefficient (Wildman–Crippen LogP) is 1.70. The second-order valence-electron chi connectivity index (χ2n) is 8.33. The van der Waals surface area contributed by atoms with Crippen molar-refractivity contribution in [1.29, 1.82) is 0 Å². The fourth-order valence-electron chi connectivity index (χ4n) is 4.37. The molecule has 12 heteroatoms. The monoisotopic (exact) mass is 456 g/mol. The first kappa shape index (κ1) is 21.2. The number of hydrogen-bond acceptors (Lipinski definition) is 8. The molecular weight excluding hydrogens is 431 g/mol. The van der Waals surface area contributed by atoms with E-state index in [1.807, 2.05) is 6.07 Å². The largest absolute Gasteiger partial charge is 0.480 e. The summed E-state index contributed by atoms with van der Waals surface area (Å²) < 4.78 is 21.6. The van der Waals surface area contributed by atoms with Gasteiger partial charge < -0.3 is 25.8 Å². The standard InChI is InChI=1S/C21H25FN8O3/c1-33-20-15(27-16-10-29(21(31)32)9-14(16)22)5-12(7-24-20)17-6-13(8-28-3-2-4-28)18-19(23)25-11-26-30(17)18/h5-7,11,14,16,27H,2-4,8-10H2,1H3,(H,31,32)(H2,23,25,26)/t14-,16+/m0/s1. The average Bonchev–Trinajstić information content (AvgIpc) is 3.32. The Morgan fingerprint density at radius 1 is 1.33 bits per heavy atom. The lowest BCUT2D eigenvalue weighted by molar-refractivity contribution is 0.152. The number of pyridine rings is 1. The highest BCUT2D eigenvalue weighted by molar-refractivity contribution is 5.79. The van der Waals surface area contributed by atoms with Crippen molar-refractivity contribution in [2.45, 2.75) is 25.2 Å². The molecule has 174 valence electrons. The third kappa shape index (κ3) is 3.86. The number of nitrogens with one attached hydrogen (secondary N) is 1. The molecule has 5 heterocycles. The number of nitrogens with zero attached hydrogens (tertiary/aromatic N) is 6. The number of rotatable bonds is 6. The number of nitrogens with two attached hydrogens (primary N) is 1. The van der Waals surface area contributed by atoms with Crippen LogP contribution in [-0.2, 0) is 6.54 Å². The van der Waals surface area contributed by atoms with Crippen LogP contribution in [0.5, 0.6) is 5.88 Å². The maximum Gasteiger partial charge on any atom is 0.407 e. The van der Waals surface area contributed by atoms with Crippen LogP contribution in [0, 0.1) is 0 Å². The molecule has 0 spiro atoms. The van der Waals surface area contributed by atoms with Gasteiger partial charge in [-0.15, -0.1) is 0 Å². The van der Waals surface area contributed by atoms with Crippen LogP contribution in [0.2, 0.25) is 0 Å². The van der Waals surface area contributed by atoms with Crippen molar-refractivity contribution in [3.8, 4) is 17.1 Å². The smallest absolute Gasteiger partial charge is 0.407 e. The maximum absolute atomic E-state index is 14.5. The van der Waals surface area contributed by atoms with Gasteiger partial charge in [0, 0.05) is 24.8 Å². The van der Waals surface area contributed by atoms with Gasteiger partial charge >= 0.3 is 6.09 Å². The number of amides is 1. The van der Waals surface area contributed by atoms with Crippen LogP contribution >= 0.6 is 0 Å². The van der Waals surface area contributed by atoms with Gasteiger partial charge in [0.2, 0.25) is 5.88 Å². The summed E-state index contributed by atoms with van der Waals surface area (Å²) >= 11 is 0. The molecule has 1 amide bonds. The van der Waals surface area contributed by atoms with Gasteiger partial charge in [0.15, 0.2) is 5.82 Å². The number of carboxylic acid groups (broad SMARTS) is 1. The number of fused-ring (bicyclic) bond motifs is 1. The molecule has 0 bridgehead atoms. The number of methoxy groups -OCH3 is 1. The van der Waals surface area contributed by atoms with Gasteiger partial charge in [-0.25, -0.2) is 23.7 Å². The van der Waals surface area contributed by atoms with Gasteiger partial charge in [0.1, 0.15) is 18.0 Å². The Morgan fingerprint density at radius 2 is 2.15 bits per heavy atom. The van der Waals surface area contributed by atoms with E-state index < -0.39 is 18.3 Å². The number of aromatic nitrogens is 4. The molecule has 2 fully saturated rings. The molecule has 0 aromatic carbocycles. The molecule has 0 radical (unpaired) electrons. The van der Waals surface area contributed by atoms with E-state index in [1.54, 1.807) is 16.8 Å². The highest BCUT2D eigenvalue weighted by Crippen LogP contribution is 2.33. The lowest BCUT2D eigenvalue weighted by atomic mass is 10.1. The normalized spacial score (nSPS) is 20.7. The molecule has 0 aliphatic carbocycles. The summed E-state index contributed by atoms with van der Waals surface area (Å²) in [5.41, 5.74) is 9.92. The van der Waals surface area contributed by atoms with Gasteiger partial charge in [-0.3, -0.25) is 4.90 Å². The summed E-state index contributed by atoms with van der Waals surface area (Å²) in [4.78, 5) is 23.1. The van der Waals surface area contributed by atoms with E-state index in [2.05, 4.69) is 25.3 Å². The minimum atomic E-state index is -1.35. The van der Waals surface area contributed by atoms with E-state index in [0.29, 0.717) is 11.5 Å². The molecule has 4 N–H and O–H groups in total. The van der Waals surface area contributed by atoms with E-state index in [-0.39, 0.29) is 19.0 Å². The number of halogens is 1. The Labute approximate surface area is 189 Å². The van der Waals surface area contributed by atoms with Crippen LogP contribution in [0.25, 0.3) is 16.8 Å². The fraction of sp³-hybridized carbons (Fsp3) is 0.429. The summed E-state index contributed by atoms with van der Waals surface area (Å²) in [6, 6.07) is 3.11. The molecule has 0 unspecified atom stereocenters. The SMILES string of the molecule is COc1ncc(-c2cc(CN3CCC3)c3c(N)ncnn23)cc1N[C@@H]1CN(C(=O)O)C[C@@H]1F. The molecule has 5 rings (SSSR count). The predicted molar refractivity (Wildman–Crippen MR) is 119 cm³/mol. The van der Waals surface area contributed by atoms with E-state index in [4.69, 9.17) is 10.5 Å². The first-order valence-corrected chi connectivity index (χ1v) is 10.7. The Balaban J connectivity index is 1.51. The summed E-state index contributed by atoms with van der Waals surface area (Å²) in [7, 11) is 1.48. The van der Waals surface area contributed by atoms with Crippen LogP contribution < -0.4 is 15.8 Å². The third-order valence-electron chi connectivity index (χ3n) is 6.20. The number of nitrogen functional groups attached to an aromatic ring is 1. The van der Waals surface area contributed by atoms with Crippen LogP contribution in [0.15, 0.2) is 24.7 Å². The zero-order chi connectivity index (χ0) is 23.1. The van der Waals surface area contributed by atoms with E-state index in [9.17, 15) is 14.3 Å². The van der Waals surface area contributed by atoms with Crippen LogP contribution in [0.1, 0.15) is 12.0 Å². The topological polar surface area (TPSA) is 134 Å². The fourth-order valence-corrected chi connectivity index (χ4v) is 4.37. The van der Waals surface area contributed by atoms with Crippen LogP contribution in [0.4, 0.5) is 20.7 Å². The highest BCUT2D eigenvalue weighted by Gasteiger charge is 2.36. The number of anilines is 2. The van der Waals surface area contributed by atoms with Gasteiger partial charge in [0.25, 0.3) is 0 Å². The van der Waals surface area contributed by atoms with Gasteiger partial charge in [-0.1, -0.05) is 0 Å². The van der Waals surface area contributed by atoms with Crippen molar-refractivity contribution in [2.75, 3.05) is 44.3 Å². The van der Waals surface area contributed by atoms with Gasteiger partial charge in [0.05, 0.1) is 31.1 Å². The Hall–Kier alpha value is -3.67. The lowest BCUT2D eigenvalue weighted by Gasteiger charge is -2.30. The highest BCUT2D eigenvalue weighted by atomic mass is 19.1. The average molecular weight is 456 g/mol. The van der Waals surface area contributed by atoms with E-state index in [1.165, 1.54) is 19.9 Å². The van der Waals surface area contributed by atoms with Crippen molar-refractivity contribution in [1.82, 2.24) is 29.4 Å². The van der Waals surface area contributed by atoms with Crippen molar-refractivity contribution in [2.24, 2.45) is 0 Å². The second-order valence-corrected chi connectivity index (χ2v) is 8.33. The third-order valence-corrected chi connectivity index (χ3v) is 6.20.